The molecule has 118 valence electrons. The molecule has 0 aliphatic carbocycles. The molecule has 2 rings (SSSR count). The van der Waals surface area contributed by atoms with Gasteiger partial charge in [-0.2, -0.15) is 4.31 Å². The number of benzene rings is 1. The SMILES string of the molecule is CCC(C)c1ccc(S(=O)(=O)N2CCC(C)(CN)C2)cc1. The van der Waals surface area contributed by atoms with Crippen molar-refractivity contribution in [1.29, 1.82) is 0 Å². The standard InChI is InChI=1S/C16H26N2O2S/c1-4-13(2)14-5-7-15(8-6-14)21(19,20)18-10-9-16(3,11-17)12-18/h5-8,13H,4,9-12,17H2,1-3H3. The Hall–Kier alpha value is -0.910. The summed E-state index contributed by atoms with van der Waals surface area (Å²) in [7, 11) is -3.39. The second-order valence-corrected chi connectivity index (χ2v) is 8.42. The quantitative estimate of drug-likeness (QED) is 0.909. The zero-order chi connectivity index (χ0) is 15.7. The van der Waals surface area contributed by atoms with Gasteiger partial charge < -0.3 is 5.73 Å². The minimum Gasteiger partial charge on any atom is -0.330 e. The van der Waals surface area contributed by atoms with E-state index in [1.807, 2.05) is 12.1 Å². The highest BCUT2D eigenvalue weighted by atomic mass is 32.2. The Bertz CT molecular complexity index is 583. The molecule has 1 heterocycles. The van der Waals surface area contributed by atoms with Crippen molar-refractivity contribution in [3.63, 3.8) is 0 Å². The van der Waals surface area contributed by atoms with Gasteiger partial charge in [-0.25, -0.2) is 8.42 Å². The molecule has 1 saturated heterocycles. The largest absolute Gasteiger partial charge is 0.330 e. The maximum Gasteiger partial charge on any atom is 0.243 e. The fraction of sp³-hybridized carbons (Fsp3) is 0.625. The van der Waals surface area contributed by atoms with Gasteiger partial charge in [0, 0.05) is 13.1 Å². The Morgan fingerprint density at radius 1 is 1.33 bits per heavy atom. The van der Waals surface area contributed by atoms with Crippen LogP contribution in [0.3, 0.4) is 0 Å². The van der Waals surface area contributed by atoms with Crippen LogP contribution in [0, 0.1) is 5.41 Å². The molecule has 1 aliphatic heterocycles. The molecule has 2 N–H and O–H groups in total. The second kappa shape index (κ2) is 6.07. The zero-order valence-electron chi connectivity index (χ0n) is 13.2. The fourth-order valence-electron chi connectivity index (χ4n) is 2.70. The third-order valence-electron chi connectivity index (χ3n) is 4.71. The Morgan fingerprint density at radius 3 is 2.43 bits per heavy atom. The highest BCUT2D eigenvalue weighted by Gasteiger charge is 2.38. The average Bonchev–Trinajstić information content (AvgIpc) is 2.90. The van der Waals surface area contributed by atoms with Crippen molar-refractivity contribution in [2.24, 2.45) is 11.1 Å². The van der Waals surface area contributed by atoms with Crippen molar-refractivity contribution < 1.29 is 8.42 Å². The van der Waals surface area contributed by atoms with E-state index in [0.717, 1.165) is 12.8 Å². The summed E-state index contributed by atoms with van der Waals surface area (Å²) in [6, 6.07) is 7.32. The Kier molecular flexibility index (Phi) is 4.76. The molecule has 21 heavy (non-hydrogen) atoms. The minimum absolute atomic E-state index is 0.0935. The van der Waals surface area contributed by atoms with Crippen molar-refractivity contribution in [2.75, 3.05) is 19.6 Å². The van der Waals surface area contributed by atoms with E-state index in [2.05, 4.69) is 20.8 Å². The zero-order valence-corrected chi connectivity index (χ0v) is 14.0. The molecule has 0 spiro atoms. The summed E-state index contributed by atoms with van der Waals surface area (Å²) in [5, 5.41) is 0. The molecule has 1 aromatic rings. The van der Waals surface area contributed by atoms with Crippen LogP contribution in [-0.2, 0) is 10.0 Å². The van der Waals surface area contributed by atoms with Crippen molar-refractivity contribution >= 4 is 10.0 Å². The second-order valence-electron chi connectivity index (χ2n) is 6.48. The highest BCUT2D eigenvalue weighted by molar-refractivity contribution is 7.89. The Labute approximate surface area is 128 Å². The molecule has 2 unspecified atom stereocenters. The summed E-state index contributed by atoms with van der Waals surface area (Å²) in [5.74, 6) is 0.453. The third-order valence-corrected chi connectivity index (χ3v) is 6.57. The predicted molar refractivity (Wildman–Crippen MR) is 85.7 cm³/mol. The van der Waals surface area contributed by atoms with Gasteiger partial charge in [-0.1, -0.05) is 32.9 Å². The maximum absolute atomic E-state index is 12.7. The summed E-state index contributed by atoms with van der Waals surface area (Å²) in [4.78, 5) is 0.385. The molecule has 1 fully saturated rings. The number of nitrogens with two attached hydrogens (primary N) is 1. The van der Waals surface area contributed by atoms with E-state index < -0.39 is 10.0 Å². The number of rotatable bonds is 5. The normalized spacial score (nSPS) is 25.1. The lowest BCUT2D eigenvalue weighted by Gasteiger charge is -2.22. The van der Waals surface area contributed by atoms with Gasteiger partial charge in [0.2, 0.25) is 10.0 Å². The van der Waals surface area contributed by atoms with Gasteiger partial charge in [0.1, 0.15) is 0 Å². The average molecular weight is 310 g/mol. The third kappa shape index (κ3) is 3.30. The van der Waals surface area contributed by atoms with Crippen molar-refractivity contribution in [3.8, 4) is 0 Å². The minimum atomic E-state index is -3.39. The summed E-state index contributed by atoms with van der Waals surface area (Å²) in [6.07, 6.45) is 1.88. The molecular formula is C16H26N2O2S. The Morgan fingerprint density at radius 2 is 1.95 bits per heavy atom. The van der Waals surface area contributed by atoms with E-state index in [-0.39, 0.29) is 5.41 Å². The van der Waals surface area contributed by atoms with E-state index in [1.165, 1.54) is 5.56 Å². The fourth-order valence-corrected chi connectivity index (χ4v) is 4.29. The summed E-state index contributed by atoms with van der Waals surface area (Å²) in [5.41, 5.74) is 6.85. The highest BCUT2D eigenvalue weighted by Crippen LogP contribution is 2.32. The van der Waals surface area contributed by atoms with E-state index >= 15 is 0 Å². The van der Waals surface area contributed by atoms with Gasteiger partial charge in [0.05, 0.1) is 4.90 Å². The van der Waals surface area contributed by atoms with Gasteiger partial charge in [-0.15, -0.1) is 0 Å². The van der Waals surface area contributed by atoms with Crippen LogP contribution in [-0.4, -0.2) is 32.4 Å². The van der Waals surface area contributed by atoms with Crippen molar-refractivity contribution in [3.05, 3.63) is 29.8 Å². The maximum atomic E-state index is 12.7. The first kappa shape index (κ1) is 16.5. The summed E-state index contributed by atoms with van der Waals surface area (Å²) in [6.45, 7) is 7.92. The first-order valence-corrected chi connectivity index (χ1v) is 9.06. The number of sulfonamides is 1. The van der Waals surface area contributed by atoms with Crippen LogP contribution in [0.1, 0.15) is 45.1 Å². The van der Waals surface area contributed by atoms with Crippen LogP contribution in [0.15, 0.2) is 29.2 Å². The van der Waals surface area contributed by atoms with Gasteiger partial charge in [0.15, 0.2) is 0 Å². The summed E-state index contributed by atoms with van der Waals surface area (Å²) >= 11 is 0. The molecule has 0 radical (unpaired) electrons. The lowest BCUT2D eigenvalue weighted by Crippen LogP contribution is -2.34. The predicted octanol–water partition coefficient (Wildman–Crippen LogP) is 2.56. The molecule has 4 nitrogen and oxygen atoms in total. The van der Waals surface area contributed by atoms with Crippen LogP contribution >= 0.6 is 0 Å². The molecule has 0 bridgehead atoms. The molecule has 2 atom stereocenters. The Balaban J connectivity index is 2.21. The van der Waals surface area contributed by atoms with Crippen molar-refractivity contribution in [1.82, 2.24) is 4.31 Å². The van der Waals surface area contributed by atoms with E-state index in [9.17, 15) is 8.42 Å². The lowest BCUT2D eigenvalue weighted by atomic mass is 9.90. The molecule has 1 aromatic carbocycles. The van der Waals surface area contributed by atoms with Gasteiger partial charge in [0.25, 0.3) is 0 Å². The van der Waals surface area contributed by atoms with Gasteiger partial charge >= 0.3 is 0 Å². The van der Waals surface area contributed by atoms with Crippen LogP contribution < -0.4 is 5.73 Å². The van der Waals surface area contributed by atoms with Crippen molar-refractivity contribution in [2.45, 2.75) is 44.4 Å². The number of nitrogens with zero attached hydrogens (tertiary/aromatic N) is 1. The first-order chi connectivity index (χ1) is 9.82. The molecule has 0 amide bonds. The number of hydrogen-bond donors (Lipinski definition) is 1. The van der Waals surface area contributed by atoms with Crippen LogP contribution in [0.25, 0.3) is 0 Å². The smallest absolute Gasteiger partial charge is 0.243 e. The first-order valence-electron chi connectivity index (χ1n) is 7.62. The van der Waals surface area contributed by atoms with Gasteiger partial charge in [-0.3, -0.25) is 0 Å². The monoisotopic (exact) mass is 310 g/mol. The molecule has 1 aliphatic rings. The van der Waals surface area contributed by atoms with E-state index in [0.29, 0.717) is 30.4 Å². The van der Waals surface area contributed by atoms with E-state index in [4.69, 9.17) is 5.73 Å². The lowest BCUT2D eigenvalue weighted by molar-refractivity contribution is 0.349. The van der Waals surface area contributed by atoms with Gasteiger partial charge in [-0.05, 0) is 48.4 Å². The van der Waals surface area contributed by atoms with Crippen LogP contribution in [0.2, 0.25) is 0 Å². The number of hydrogen-bond acceptors (Lipinski definition) is 3. The molecule has 5 heteroatoms. The van der Waals surface area contributed by atoms with Crippen LogP contribution in [0.5, 0.6) is 0 Å². The van der Waals surface area contributed by atoms with E-state index in [1.54, 1.807) is 16.4 Å². The molecule has 0 saturated carbocycles. The molecule has 0 aromatic heterocycles. The summed E-state index contributed by atoms with van der Waals surface area (Å²) < 4.78 is 26.9. The van der Waals surface area contributed by atoms with Crippen LogP contribution in [0.4, 0.5) is 0 Å². The molecular weight excluding hydrogens is 284 g/mol. The topological polar surface area (TPSA) is 63.4 Å².